The molecule has 6 nitrogen and oxygen atoms in total. The van der Waals surface area contributed by atoms with Crippen LogP contribution in [-0.4, -0.2) is 28.3 Å². The molecule has 0 radical (unpaired) electrons. The summed E-state index contributed by atoms with van der Waals surface area (Å²) < 4.78 is 1.16. The van der Waals surface area contributed by atoms with E-state index in [1.807, 2.05) is 13.8 Å². The van der Waals surface area contributed by atoms with E-state index >= 15 is 0 Å². The van der Waals surface area contributed by atoms with Crippen molar-refractivity contribution in [2.45, 2.75) is 46.7 Å². The van der Waals surface area contributed by atoms with Crippen LogP contribution in [0.15, 0.2) is 17.1 Å². The van der Waals surface area contributed by atoms with Crippen molar-refractivity contribution in [3.8, 4) is 0 Å². The highest BCUT2D eigenvalue weighted by molar-refractivity contribution is 5.75. The van der Waals surface area contributed by atoms with Gasteiger partial charge >= 0.3 is 0 Å². The van der Waals surface area contributed by atoms with E-state index in [-0.39, 0.29) is 24.1 Å². The SMILES string of the molecule is CC(C)CCNC(=O)Cn1ncc(NC(C)C)cc1=O. The van der Waals surface area contributed by atoms with Crippen LogP contribution in [0.1, 0.15) is 34.1 Å². The average molecular weight is 280 g/mol. The molecule has 0 bridgehead atoms. The van der Waals surface area contributed by atoms with Gasteiger partial charge in [-0.3, -0.25) is 9.59 Å². The van der Waals surface area contributed by atoms with Crippen LogP contribution in [0.4, 0.5) is 5.69 Å². The van der Waals surface area contributed by atoms with Crippen LogP contribution in [0, 0.1) is 5.92 Å². The second kappa shape index (κ2) is 7.67. The van der Waals surface area contributed by atoms with Crippen molar-refractivity contribution in [3.05, 3.63) is 22.6 Å². The van der Waals surface area contributed by atoms with Gasteiger partial charge in [-0.25, -0.2) is 4.68 Å². The maximum Gasteiger partial charge on any atom is 0.269 e. The molecule has 6 heteroatoms. The number of aromatic nitrogens is 2. The Hall–Kier alpha value is -1.85. The normalized spacial score (nSPS) is 10.9. The van der Waals surface area contributed by atoms with Crippen molar-refractivity contribution in [1.29, 1.82) is 0 Å². The molecule has 1 amide bonds. The maximum absolute atomic E-state index is 11.8. The van der Waals surface area contributed by atoms with Crippen molar-refractivity contribution >= 4 is 11.6 Å². The summed E-state index contributed by atoms with van der Waals surface area (Å²) in [5.74, 6) is 0.349. The molecule has 0 aliphatic rings. The van der Waals surface area contributed by atoms with Gasteiger partial charge in [-0.1, -0.05) is 13.8 Å². The van der Waals surface area contributed by atoms with Crippen molar-refractivity contribution in [2.24, 2.45) is 5.92 Å². The van der Waals surface area contributed by atoms with E-state index in [0.717, 1.165) is 11.1 Å². The van der Waals surface area contributed by atoms with Gasteiger partial charge in [0.1, 0.15) is 6.54 Å². The smallest absolute Gasteiger partial charge is 0.269 e. The van der Waals surface area contributed by atoms with Crippen molar-refractivity contribution in [1.82, 2.24) is 15.1 Å². The Morgan fingerprint density at radius 1 is 1.35 bits per heavy atom. The Balaban J connectivity index is 2.55. The average Bonchev–Trinajstić information content (AvgIpc) is 2.31. The molecule has 20 heavy (non-hydrogen) atoms. The van der Waals surface area contributed by atoms with Crippen LogP contribution in [-0.2, 0) is 11.3 Å². The minimum Gasteiger partial charge on any atom is -0.381 e. The van der Waals surface area contributed by atoms with Crippen LogP contribution in [0.3, 0.4) is 0 Å². The van der Waals surface area contributed by atoms with Crippen molar-refractivity contribution in [2.75, 3.05) is 11.9 Å². The molecule has 0 aliphatic heterocycles. The summed E-state index contributed by atoms with van der Waals surface area (Å²) in [6.45, 7) is 8.73. The molecule has 0 spiro atoms. The fraction of sp³-hybridized carbons (Fsp3) is 0.643. The van der Waals surface area contributed by atoms with Crippen LogP contribution < -0.4 is 16.2 Å². The van der Waals surface area contributed by atoms with E-state index in [0.29, 0.717) is 18.2 Å². The lowest BCUT2D eigenvalue weighted by molar-refractivity contribution is -0.121. The number of hydrogen-bond donors (Lipinski definition) is 2. The Morgan fingerprint density at radius 3 is 2.60 bits per heavy atom. The van der Waals surface area contributed by atoms with Gasteiger partial charge < -0.3 is 10.6 Å². The predicted molar refractivity (Wildman–Crippen MR) is 79.7 cm³/mol. The van der Waals surface area contributed by atoms with Crippen LogP contribution in [0.5, 0.6) is 0 Å². The zero-order chi connectivity index (χ0) is 15.1. The molecule has 1 heterocycles. The topological polar surface area (TPSA) is 76.0 Å². The first kappa shape index (κ1) is 16.2. The third-order valence-corrected chi connectivity index (χ3v) is 2.66. The number of rotatable bonds is 7. The van der Waals surface area contributed by atoms with E-state index in [9.17, 15) is 9.59 Å². The molecule has 2 N–H and O–H groups in total. The lowest BCUT2D eigenvalue weighted by atomic mass is 10.1. The summed E-state index contributed by atoms with van der Waals surface area (Å²) in [5, 5.41) is 9.87. The molecule has 112 valence electrons. The van der Waals surface area contributed by atoms with Gasteiger partial charge in [-0.05, 0) is 26.2 Å². The van der Waals surface area contributed by atoms with E-state index in [4.69, 9.17) is 0 Å². The summed E-state index contributed by atoms with van der Waals surface area (Å²) in [4.78, 5) is 23.5. The summed E-state index contributed by atoms with van der Waals surface area (Å²) >= 11 is 0. The van der Waals surface area contributed by atoms with Gasteiger partial charge in [0.05, 0.1) is 11.9 Å². The van der Waals surface area contributed by atoms with Crippen LogP contribution in [0.2, 0.25) is 0 Å². The number of nitrogens with one attached hydrogen (secondary N) is 2. The van der Waals surface area contributed by atoms with Gasteiger partial charge in [0.2, 0.25) is 5.91 Å². The first-order chi connectivity index (χ1) is 9.38. The fourth-order valence-electron chi connectivity index (χ4n) is 1.66. The number of hydrogen-bond acceptors (Lipinski definition) is 4. The zero-order valence-corrected chi connectivity index (χ0v) is 12.6. The zero-order valence-electron chi connectivity index (χ0n) is 12.6. The highest BCUT2D eigenvalue weighted by Gasteiger charge is 2.06. The molecule has 0 aromatic carbocycles. The number of anilines is 1. The predicted octanol–water partition coefficient (Wildman–Crippen LogP) is 1.23. The highest BCUT2D eigenvalue weighted by Crippen LogP contribution is 2.01. The first-order valence-corrected chi connectivity index (χ1v) is 6.99. The van der Waals surface area contributed by atoms with Crippen molar-refractivity contribution < 1.29 is 4.79 Å². The minimum absolute atomic E-state index is 0.0428. The molecular weight excluding hydrogens is 256 g/mol. The first-order valence-electron chi connectivity index (χ1n) is 6.99. The van der Waals surface area contributed by atoms with Gasteiger partial charge in [-0.15, -0.1) is 0 Å². The number of nitrogens with zero attached hydrogens (tertiary/aromatic N) is 2. The lowest BCUT2D eigenvalue weighted by Gasteiger charge is -2.11. The van der Waals surface area contributed by atoms with Gasteiger partial charge in [-0.2, -0.15) is 5.10 Å². The van der Waals surface area contributed by atoms with E-state index < -0.39 is 0 Å². The minimum atomic E-state index is -0.283. The molecular formula is C14H24N4O2. The van der Waals surface area contributed by atoms with Gasteiger partial charge in [0.15, 0.2) is 0 Å². The quantitative estimate of drug-likeness (QED) is 0.787. The molecule has 0 aliphatic carbocycles. The Labute approximate surface area is 119 Å². The standard InChI is InChI=1S/C14H24N4O2/c1-10(2)5-6-15-13(19)9-18-14(20)7-12(8-16-18)17-11(3)4/h7-8,10-11,17H,5-6,9H2,1-4H3,(H,15,19). The molecule has 1 aromatic heterocycles. The summed E-state index contributed by atoms with van der Waals surface area (Å²) in [6.07, 6.45) is 2.48. The maximum atomic E-state index is 11.8. The second-order valence-electron chi connectivity index (χ2n) is 5.57. The van der Waals surface area contributed by atoms with Gasteiger partial charge in [0, 0.05) is 18.7 Å². The molecule has 0 saturated carbocycles. The van der Waals surface area contributed by atoms with Crippen molar-refractivity contribution in [3.63, 3.8) is 0 Å². The summed E-state index contributed by atoms with van der Waals surface area (Å²) in [5.41, 5.74) is 0.385. The van der Waals surface area contributed by atoms with Gasteiger partial charge in [0.25, 0.3) is 5.56 Å². The second-order valence-corrected chi connectivity index (χ2v) is 5.57. The molecule has 0 atom stereocenters. The molecule has 0 unspecified atom stereocenters. The largest absolute Gasteiger partial charge is 0.381 e. The fourth-order valence-corrected chi connectivity index (χ4v) is 1.66. The monoisotopic (exact) mass is 280 g/mol. The molecule has 1 aromatic rings. The molecule has 0 saturated heterocycles. The van der Waals surface area contributed by atoms with Crippen LogP contribution >= 0.6 is 0 Å². The Morgan fingerprint density at radius 2 is 2.05 bits per heavy atom. The third-order valence-electron chi connectivity index (χ3n) is 2.66. The number of amides is 1. The summed E-state index contributed by atoms with van der Waals surface area (Å²) in [6, 6.07) is 1.68. The lowest BCUT2D eigenvalue weighted by Crippen LogP contribution is -2.34. The van der Waals surface area contributed by atoms with E-state index in [1.165, 1.54) is 6.07 Å². The summed E-state index contributed by atoms with van der Waals surface area (Å²) in [7, 11) is 0. The van der Waals surface area contributed by atoms with Crippen LogP contribution in [0.25, 0.3) is 0 Å². The molecule has 0 fully saturated rings. The highest BCUT2D eigenvalue weighted by atomic mass is 16.2. The van der Waals surface area contributed by atoms with E-state index in [2.05, 4.69) is 29.6 Å². The number of carbonyl (C=O) groups excluding carboxylic acids is 1. The Kier molecular flexibility index (Phi) is 6.21. The molecule has 1 rings (SSSR count). The number of carbonyl (C=O) groups is 1. The Bertz CT molecular complexity index is 494. The third kappa shape index (κ3) is 5.86. The van der Waals surface area contributed by atoms with E-state index in [1.54, 1.807) is 6.20 Å².